The van der Waals surface area contributed by atoms with Gasteiger partial charge in [-0.05, 0) is 103 Å². The number of phenols is 1. The monoisotopic (exact) mass is 554 g/mol. The number of hydrogen-bond donors (Lipinski definition) is 1. The van der Waals surface area contributed by atoms with Crippen molar-refractivity contribution in [2.45, 2.75) is 143 Å². The van der Waals surface area contributed by atoms with Crippen molar-refractivity contribution in [3.63, 3.8) is 0 Å². The van der Waals surface area contributed by atoms with E-state index in [1.165, 1.54) is 119 Å². The molecule has 0 aliphatic carbocycles. The zero-order valence-electron chi connectivity index (χ0n) is 26.9. The highest BCUT2D eigenvalue weighted by molar-refractivity contribution is 5.49. The Morgan fingerprint density at radius 3 is 1.22 bits per heavy atom. The second-order valence-corrected chi connectivity index (χ2v) is 12.2. The van der Waals surface area contributed by atoms with Crippen molar-refractivity contribution in [3.8, 4) is 5.75 Å². The summed E-state index contributed by atoms with van der Waals surface area (Å²) in [6.07, 6.45) is 21.6. The SMILES string of the molecule is CCCCCc1cccc(Cc2cccc(O)c2Cc2cccc(CCCCC)c2CCCCC)c1CCCCC. The summed E-state index contributed by atoms with van der Waals surface area (Å²) in [6, 6.07) is 20.1. The van der Waals surface area contributed by atoms with Gasteiger partial charge in [0.05, 0.1) is 0 Å². The average Bonchev–Trinajstić information content (AvgIpc) is 2.97. The Morgan fingerprint density at radius 2 is 0.756 bits per heavy atom. The highest BCUT2D eigenvalue weighted by Crippen LogP contribution is 2.31. The van der Waals surface area contributed by atoms with Crippen LogP contribution in [0.5, 0.6) is 5.75 Å². The van der Waals surface area contributed by atoms with Gasteiger partial charge in [-0.3, -0.25) is 0 Å². The van der Waals surface area contributed by atoms with E-state index in [4.69, 9.17) is 0 Å². The molecule has 0 aliphatic rings. The van der Waals surface area contributed by atoms with Gasteiger partial charge in [-0.1, -0.05) is 128 Å². The lowest BCUT2D eigenvalue weighted by Gasteiger charge is -2.19. The molecule has 3 aromatic rings. The molecule has 3 rings (SSSR count). The molecule has 0 saturated heterocycles. The first-order valence-electron chi connectivity index (χ1n) is 17.1. The first kappa shape index (κ1) is 33.0. The van der Waals surface area contributed by atoms with Gasteiger partial charge in [-0.2, -0.15) is 0 Å². The number of hydrogen-bond acceptors (Lipinski definition) is 1. The summed E-state index contributed by atoms with van der Waals surface area (Å²) in [5.74, 6) is 0.449. The summed E-state index contributed by atoms with van der Waals surface area (Å²) in [5.41, 5.74) is 11.5. The van der Waals surface area contributed by atoms with E-state index in [-0.39, 0.29) is 0 Å². The number of rotatable bonds is 20. The maximum atomic E-state index is 11.2. The molecule has 3 aromatic carbocycles. The van der Waals surface area contributed by atoms with Crippen molar-refractivity contribution < 1.29 is 5.11 Å². The Kier molecular flexibility index (Phi) is 15.1. The predicted octanol–water partition coefficient (Wildman–Crippen LogP) is 11.5. The van der Waals surface area contributed by atoms with Crippen molar-refractivity contribution in [1.82, 2.24) is 0 Å². The third-order valence-corrected chi connectivity index (χ3v) is 8.90. The molecule has 0 amide bonds. The Labute approximate surface area is 252 Å². The molecular formula is C40H58O. The van der Waals surface area contributed by atoms with Crippen LogP contribution in [0.3, 0.4) is 0 Å². The van der Waals surface area contributed by atoms with Gasteiger partial charge < -0.3 is 5.11 Å². The van der Waals surface area contributed by atoms with Crippen molar-refractivity contribution in [2.75, 3.05) is 0 Å². The van der Waals surface area contributed by atoms with Gasteiger partial charge in [0.1, 0.15) is 5.75 Å². The molecule has 0 unspecified atom stereocenters. The number of benzene rings is 3. The van der Waals surface area contributed by atoms with Gasteiger partial charge in [-0.15, -0.1) is 0 Å². The predicted molar refractivity (Wildman–Crippen MR) is 180 cm³/mol. The van der Waals surface area contributed by atoms with Crippen LogP contribution in [0.4, 0.5) is 0 Å². The fourth-order valence-electron chi connectivity index (χ4n) is 6.44. The Bertz CT molecular complexity index is 1160. The summed E-state index contributed by atoms with van der Waals surface area (Å²) in [7, 11) is 0. The van der Waals surface area contributed by atoms with Crippen LogP contribution in [-0.4, -0.2) is 5.11 Å². The van der Waals surface area contributed by atoms with Crippen LogP contribution in [0.15, 0.2) is 54.6 Å². The quantitative estimate of drug-likeness (QED) is 0.138. The molecule has 0 saturated carbocycles. The molecular weight excluding hydrogens is 496 g/mol. The molecule has 1 heteroatoms. The van der Waals surface area contributed by atoms with Crippen LogP contribution in [0.2, 0.25) is 0 Å². The second-order valence-electron chi connectivity index (χ2n) is 12.2. The number of aromatic hydroxyl groups is 1. The maximum Gasteiger partial charge on any atom is 0.119 e. The van der Waals surface area contributed by atoms with E-state index in [0.717, 1.165) is 24.8 Å². The molecule has 0 spiro atoms. The minimum Gasteiger partial charge on any atom is -0.508 e. The van der Waals surface area contributed by atoms with Gasteiger partial charge in [-0.25, -0.2) is 0 Å². The summed E-state index contributed by atoms with van der Waals surface area (Å²) >= 11 is 0. The lowest BCUT2D eigenvalue weighted by molar-refractivity contribution is 0.468. The van der Waals surface area contributed by atoms with E-state index in [1.807, 2.05) is 12.1 Å². The summed E-state index contributed by atoms with van der Waals surface area (Å²) in [5, 5.41) is 11.2. The Hall–Kier alpha value is -2.54. The van der Waals surface area contributed by atoms with Gasteiger partial charge in [0.25, 0.3) is 0 Å². The van der Waals surface area contributed by atoms with E-state index in [1.54, 1.807) is 16.7 Å². The highest BCUT2D eigenvalue weighted by Gasteiger charge is 2.16. The van der Waals surface area contributed by atoms with Gasteiger partial charge in [0.2, 0.25) is 0 Å². The maximum absolute atomic E-state index is 11.2. The number of aryl methyl sites for hydroxylation is 2. The molecule has 1 N–H and O–H groups in total. The smallest absolute Gasteiger partial charge is 0.119 e. The first-order chi connectivity index (χ1) is 20.1. The summed E-state index contributed by atoms with van der Waals surface area (Å²) in [4.78, 5) is 0. The van der Waals surface area contributed by atoms with Gasteiger partial charge in [0.15, 0.2) is 0 Å². The van der Waals surface area contributed by atoms with Gasteiger partial charge in [0, 0.05) is 12.0 Å². The van der Waals surface area contributed by atoms with Crippen LogP contribution in [0, 0.1) is 0 Å². The van der Waals surface area contributed by atoms with E-state index in [9.17, 15) is 5.11 Å². The number of unbranched alkanes of at least 4 members (excludes halogenated alkanes) is 8. The topological polar surface area (TPSA) is 20.2 Å². The molecule has 0 heterocycles. The highest BCUT2D eigenvalue weighted by atomic mass is 16.3. The fourth-order valence-corrected chi connectivity index (χ4v) is 6.44. The second kappa shape index (κ2) is 18.8. The summed E-state index contributed by atoms with van der Waals surface area (Å²) in [6.45, 7) is 9.16. The van der Waals surface area contributed by atoms with E-state index >= 15 is 0 Å². The minimum atomic E-state index is 0.449. The van der Waals surface area contributed by atoms with Crippen molar-refractivity contribution in [3.05, 3.63) is 99.1 Å². The third-order valence-electron chi connectivity index (χ3n) is 8.90. The average molecular weight is 555 g/mol. The first-order valence-corrected chi connectivity index (χ1v) is 17.1. The largest absolute Gasteiger partial charge is 0.508 e. The zero-order chi connectivity index (χ0) is 29.3. The third kappa shape index (κ3) is 10.4. The van der Waals surface area contributed by atoms with Crippen molar-refractivity contribution in [1.29, 1.82) is 0 Å². The molecule has 224 valence electrons. The molecule has 0 fully saturated rings. The molecule has 0 bridgehead atoms. The van der Waals surface area contributed by atoms with Crippen LogP contribution >= 0.6 is 0 Å². The van der Waals surface area contributed by atoms with E-state index in [0.29, 0.717) is 5.75 Å². The van der Waals surface area contributed by atoms with E-state index < -0.39 is 0 Å². The van der Waals surface area contributed by atoms with Crippen LogP contribution < -0.4 is 0 Å². The molecule has 0 atom stereocenters. The lowest BCUT2D eigenvalue weighted by atomic mass is 9.86. The molecule has 0 aromatic heterocycles. The summed E-state index contributed by atoms with van der Waals surface area (Å²) < 4.78 is 0. The standard InChI is InChI=1S/C40H58O/c1-5-9-13-20-32-22-17-24-34(37(32)27-15-11-7-3)30-35-26-19-29-40(41)39(35)31-36-25-18-23-33(21-14-10-6-2)38(36)28-16-12-8-4/h17-19,22-26,29,41H,5-16,20-21,27-28,30-31H2,1-4H3. The normalized spacial score (nSPS) is 11.3. The Balaban J connectivity index is 1.95. The lowest BCUT2D eigenvalue weighted by Crippen LogP contribution is -2.06. The van der Waals surface area contributed by atoms with E-state index in [2.05, 4.69) is 70.2 Å². The van der Waals surface area contributed by atoms with Crippen molar-refractivity contribution in [2.24, 2.45) is 0 Å². The minimum absolute atomic E-state index is 0.449. The van der Waals surface area contributed by atoms with Crippen LogP contribution in [0.25, 0.3) is 0 Å². The molecule has 1 nitrogen and oxygen atoms in total. The van der Waals surface area contributed by atoms with Gasteiger partial charge >= 0.3 is 0 Å². The Morgan fingerprint density at radius 1 is 0.390 bits per heavy atom. The number of phenolic OH excluding ortho intramolecular Hbond substituents is 1. The van der Waals surface area contributed by atoms with Crippen molar-refractivity contribution >= 4 is 0 Å². The molecule has 41 heavy (non-hydrogen) atoms. The zero-order valence-corrected chi connectivity index (χ0v) is 26.9. The fraction of sp³-hybridized carbons (Fsp3) is 0.550. The van der Waals surface area contributed by atoms with Crippen LogP contribution in [-0.2, 0) is 38.5 Å². The van der Waals surface area contributed by atoms with Crippen LogP contribution in [0.1, 0.15) is 149 Å². The molecule has 0 radical (unpaired) electrons. The molecule has 0 aliphatic heterocycles.